The van der Waals surface area contributed by atoms with E-state index in [2.05, 4.69) is 21.2 Å². The molecule has 1 fully saturated rings. The first kappa shape index (κ1) is 19.9. The van der Waals surface area contributed by atoms with Gasteiger partial charge in [0.2, 0.25) is 5.91 Å². The Hall–Kier alpha value is -2.87. The molecule has 0 saturated carbocycles. The lowest BCUT2D eigenvalue weighted by atomic mass is 10.1. The van der Waals surface area contributed by atoms with Gasteiger partial charge in [-0.3, -0.25) is 9.59 Å². The molecular weight excluding hydrogens is 426 g/mol. The van der Waals surface area contributed by atoms with Crippen LogP contribution in [-0.4, -0.2) is 51.9 Å². The van der Waals surface area contributed by atoms with Crippen LogP contribution >= 0.6 is 15.9 Å². The molecule has 3 rings (SSSR count). The molecule has 0 bridgehead atoms. The number of hydrogen-bond acceptors (Lipinski definition) is 3. The number of amides is 3. The molecule has 2 aromatic rings. The Morgan fingerprint density at radius 2 is 1.86 bits per heavy atom. The second-order valence-corrected chi connectivity index (χ2v) is 7.41. The van der Waals surface area contributed by atoms with Gasteiger partial charge in [-0.25, -0.2) is 4.79 Å². The fraction of sp³-hybridized carbons (Fsp3) is 0.250. The maximum atomic E-state index is 12.9. The van der Waals surface area contributed by atoms with Crippen molar-refractivity contribution in [3.63, 3.8) is 0 Å². The van der Waals surface area contributed by atoms with Crippen LogP contribution in [0.3, 0.4) is 0 Å². The van der Waals surface area contributed by atoms with Crippen molar-refractivity contribution >= 4 is 39.5 Å². The number of nitrogens with one attached hydrogen (secondary N) is 1. The number of carboxylic acids is 1. The lowest BCUT2D eigenvalue weighted by molar-refractivity contribution is -0.147. The van der Waals surface area contributed by atoms with E-state index in [-0.39, 0.29) is 12.5 Å². The summed E-state index contributed by atoms with van der Waals surface area (Å²) in [6.07, 6.45) is -0.434. The molecular formula is C20H20BrN3O4. The molecule has 7 nitrogen and oxygen atoms in total. The highest BCUT2D eigenvalue weighted by atomic mass is 79.9. The van der Waals surface area contributed by atoms with Gasteiger partial charge in [0.1, 0.15) is 6.04 Å². The summed E-state index contributed by atoms with van der Waals surface area (Å²) < 4.78 is 0.903. The van der Waals surface area contributed by atoms with Gasteiger partial charge in [-0.05, 0) is 29.8 Å². The predicted molar refractivity (Wildman–Crippen MR) is 108 cm³/mol. The van der Waals surface area contributed by atoms with Crippen molar-refractivity contribution in [2.45, 2.75) is 19.0 Å². The molecule has 1 aliphatic heterocycles. The van der Waals surface area contributed by atoms with Crippen molar-refractivity contribution in [1.29, 1.82) is 0 Å². The third kappa shape index (κ3) is 4.89. The molecule has 1 saturated heterocycles. The van der Waals surface area contributed by atoms with Crippen molar-refractivity contribution in [1.82, 2.24) is 9.80 Å². The van der Waals surface area contributed by atoms with Gasteiger partial charge in [0, 0.05) is 29.8 Å². The van der Waals surface area contributed by atoms with Crippen LogP contribution in [0.1, 0.15) is 12.0 Å². The highest BCUT2D eigenvalue weighted by Crippen LogP contribution is 2.20. The van der Waals surface area contributed by atoms with E-state index in [1.54, 1.807) is 29.2 Å². The topological polar surface area (TPSA) is 90.0 Å². The van der Waals surface area contributed by atoms with Gasteiger partial charge in [-0.1, -0.05) is 46.3 Å². The lowest BCUT2D eigenvalue weighted by Gasteiger charge is -2.40. The normalized spacial score (nSPS) is 16.8. The predicted octanol–water partition coefficient (Wildman–Crippen LogP) is 3.17. The van der Waals surface area contributed by atoms with Crippen LogP contribution in [-0.2, 0) is 16.1 Å². The number of para-hydroxylation sites is 1. The quantitative estimate of drug-likeness (QED) is 0.739. The SMILES string of the molecule is O=C(O)CC1C(=O)N(Cc2cccc(Br)c2)CCN1C(=O)Nc1ccccc1. The molecule has 1 unspecified atom stereocenters. The summed E-state index contributed by atoms with van der Waals surface area (Å²) >= 11 is 3.40. The molecule has 28 heavy (non-hydrogen) atoms. The van der Waals surface area contributed by atoms with Gasteiger partial charge in [0.25, 0.3) is 0 Å². The molecule has 0 aromatic heterocycles. The molecule has 0 aliphatic carbocycles. The first-order valence-corrected chi connectivity index (χ1v) is 9.61. The van der Waals surface area contributed by atoms with Gasteiger partial charge < -0.3 is 20.2 Å². The number of halogens is 1. The minimum Gasteiger partial charge on any atom is -0.481 e. The van der Waals surface area contributed by atoms with E-state index in [1.807, 2.05) is 30.3 Å². The summed E-state index contributed by atoms with van der Waals surface area (Å²) in [4.78, 5) is 39.8. The van der Waals surface area contributed by atoms with Crippen molar-refractivity contribution in [2.24, 2.45) is 0 Å². The molecule has 2 aromatic carbocycles. The maximum Gasteiger partial charge on any atom is 0.322 e. The highest BCUT2D eigenvalue weighted by molar-refractivity contribution is 9.10. The van der Waals surface area contributed by atoms with Gasteiger partial charge in [0.15, 0.2) is 0 Å². The molecule has 3 amide bonds. The van der Waals surface area contributed by atoms with Crippen LogP contribution in [0.15, 0.2) is 59.1 Å². The Morgan fingerprint density at radius 3 is 2.54 bits per heavy atom. The third-order valence-corrected chi connectivity index (χ3v) is 4.99. The van der Waals surface area contributed by atoms with Crippen molar-refractivity contribution in [3.8, 4) is 0 Å². The van der Waals surface area contributed by atoms with Gasteiger partial charge >= 0.3 is 12.0 Å². The number of anilines is 1. The van der Waals surface area contributed by atoms with Crippen molar-refractivity contribution in [3.05, 3.63) is 64.6 Å². The summed E-state index contributed by atoms with van der Waals surface area (Å²) in [6, 6.07) is 14.9. The number of nitrogens with zero attached hydrogens (tertiary/aromatic N) is 2. The minimum absolute atomic E-state index is 0.260. The molecule has 1 atom stereocenters. The molecule has 2 N–H and O–H groups in total. The Labute approximate surface area is 171 Å². The summed E-state index contributed by atoms with van der Waals surface area (Å²) in [5.74, 6) is -1.49. The Balaban J connectivity index is 1.75. The first-order valence-electron chi connectivity index (χ1n) is 8.82. The van der Waals surface area contributed by atoms with E-state index in [1.165, 1.54) is 4.90 Å². The smallest absolute Gasteiger partial charge is 0.322 e. The monoisotopic (exact) mass is 445 g/mol. The number of urea groups is 1. The van der Waals surface area contributed by atoms with Gasteiger partial charge in [-0.2, -0.15) is 0 Å². The second-order valence-electron chi connectivity index (χ2n) is 6.49. The zero-order valence-corrected chi connectivity index (χ0v) is 16.6. The largest absolute Gasteiger partial charge is 0.481 e. The molecule has 1 heterocycles. The number of aliphatic carboxylic acids is 1. The fourth-order valence-corrected chi connectivity index (χ4v) is 3.62. The molecule has 1 aliphatic rings. The number of carbonyl (C=O) groups excluding carboxylic acids is 2. The van der Waals surface area contributed by atoms with E-state index in [4.69, 9.17) is 0 Å². The number of hydrogen-bond donors (Lipinski definition) is 2. The van der Waals surface area contributed by atoms with Crippen molar-refractivity contribution < 1.29 is 19.5 Å². The lowest BCUT2D eigenvalue weighted by Crippen LogP contribution is -2.59. The molecule has 0 radical (unpaired) electrons. The van der Waals surface area contributed by atoms with Crippen LogP contribution in [0.2, 0.25) is 0 Å². The summed E-state index contributed by atoms with van der Waals surface area (Å²) in [6.45, 7) is 0.961. The van der Waals surface area contributed by atoms with Crippen LogP contribution in [0, 0.1) is 0 Å². The standard InChI is InChI=1S/C20H20BrN3O4/c21-15-6-4-5-14(11-15)13-23-9-10-24(17(19(23)27)12-18(25)26)20(28)22-16-7-2-1-3-8-16/h1-8,11,17H,9-10,12-13H2,(H,22,28)(H,25,26). The van der Waals surface area contributed by atoms with Crippen LogP contribution in [0.25, 0.3) is 0 Å². The van der Waals surface area contributed by atoms with Crippen LogP contribution in [0.5, 0.6) is 0 Å². The fourth-order valence-electron chi connectivity index (χ4n) is 3.17. The zero-order chi connectivity index (χ0) is 20.1. The Kier molecular flexibility index (Phi) is 6.30. The number of piperazine rings is 1. The van der Waals surface area contributed by atoms with Crippen LogP contribution in [0.4, 0.5) is 10.5 Å². The summed E-state index contributed by atoms with van der Waals surface area (Å²) in [5, 5.41) is 12.0. The Morgan fingerprint density at radius 1 is 1.11 bits per heavy atom. The van der Waals surface area contributed by atoms with E-state index < -0.39 is 24.5 Å². The first-order chi connectivity index (χ1) is 13.4. The van der Waals surface area contributed by atoms with Crippen molar-refractivity contribution in [2.75, 3.05) is 18.4 Å². The van der Waals surface area contributed by atoms with Gasteiger partial charge in [0.05, 0.1) is 6.42 Å². The highest BCUT2D eigenvalue weighted by Gasteiger charge is 2.38. The summed E-state index contributed by atoms with van der Waals surface area (Å²) in [7, 11) is 0. The zero-order valence-electron chi connectivity index (χ0n) is 15.0. The van der Waals surface area contributed by atoms with Gasteiger partial charge in [-0.15, -0.1) is 0 Å². The molecule has 8 heteroatoms. The Bertz CT molecular complexity index is 875. The number of carboxylic acid groups (broad SMARTS) is 1. The van der Waals surface area contributed by atoms with E-state index in [0.717, 1.165) is 10.0 Å². The number of benzene rings is 2. The third-order valence-electron chi connectivity index (χ3n) is 4.50. The summed E-state index contributed by atoms with van der Waals surface area (Å²) in [5.41, 5.74) is 1.52. The van der Waals surface area contributed by atoms with Crippen LogP contribution < -0.4 is 5.32 Å². The number of carbonyl (C=O) groups is 3. The minimum atomic E-state index is -1.12. The molecule has 0 spiro atoms. The van der Waals surface area contributed by atoms with E-state index in [9.17, 15) is 19.5 Å². The molecule has 146 valence electrons. The average molecular weight is 446 g/mol. The number of rotatable bonds is 5. The second kappa shape index (κ2) is 8.88. The average Bonchev–Trinajstić information content (AvgIpc) is 2.65. The van der Waals surface area contributed by atoms with E-state index in [0.29, 0.717) is 18.8 Å². The maximum absolute atomic E-state index is 12.9. The van der Waals surface area contributed by atoms with E-state index >= 15 is 0 Å².